The van der Waals surface area contributed by atoms with Crippen LogP contribution >= 0.6 is 0 Å². The van der Waals surface area contributed by atoms with Gasteiger partial charge in [0.2, 0.25) is 5.91 Å². The van der Waals surface area contributed by atoms with E-state index in [4.69, 9.17) is 10.2 Å². The summed E-state index contributed by atoms with van der Waals surface area (Å²) in [7, 11) is 0. The molecule has 0 bridgehead atoms. The molecule has 6 nitrogen and oxygen atoms in total. The van der Waals surface area contributed by atoms with E-state index in [2.05, 4.69) is 0 Å². The molecule has 0 saturated heterocycles. The average Bonchev–Trinajstić information content (AvgIpc) is 3.05. The number of carbonyl (C=O) groups excluding carboxylic acids is 1. The fraction of sp³-hybridized carbons (Fsp3) is 0.727. The van der Waals surface area contributed by atoms with Crippen molar-refractivity contribution in [2.45, 2.75) is 38.6 Å². The molecule has 1 aliphatic carbocycles. The summed E-state index contributed by atoms with van der Waals surface area (Å²) < 4.78 is 0. The van der Waals surface area contributed by atoms with Crippen LogP contribution in [0.1, 0.15) is 32.6 Å². The van der Waals surface area contributed by atoms with E-state index in [0.717, 1.165) is 12.8 Å². The second-order valence-corrected chi connectivity index (χ2v) is 4.21. The lowest BCUT2D eigenvalue weighted by Crippen LogP contribution is -2.46. The Morgan fingerprint density at radius 2 is 1.88 bits per heavy atom. The van der Waals surface area contributed by atoms with Gasteiger partial charge in [-0.3, -0.25) is 9.59 Å². The van der Waals surface area contributed by atoms with Gasteiger partial charge in [-0.25, -0.2) is 4.79 Å². The first-order valence-corrected chi connectivity index (χ1v) is 5.72. The summed E-state index contributed by atoms with van der Waals surface area (Å²) in [6.07, 6.45) is 1.62. The Hall–Kier alpha value is -1.59. The molecule has 0 spiro atoms. The minimum absolute atomic E-state index is 0.0323. The van der Waals surface area contributed by atoms with Gasteiger partial charge in [0.25, 0.3) is 0 Å². The van der Waals surface area contributed by atoms with E-state index in [9.17, 15) is 14.4 Å². The van der Waals surface area contributed by atoms with Gasteiger partial charge in [0.1, 0.15) is 6.04 Å². The molecular weight excluding hydrogens is 226 g/mol. The van der Waals surface area contributed by atoms with E-state index in [0.29, 0.717) is 0 Å². The molecule has 96 valence electrons. The predicted molar refractivity (Wildman–Crippen MR) is 58.4 cm³/mol. The molecular formula is C11H17NO5. The van der Waals surface area contributed by atoms with Gasteiger partial charge in [-0.15, -0.1) is 0 Å². The highest BCUT2D eigenvalue weighted by molar-refractivity contribution is 5.86. The molecule has 1 rings (SSSR count). The standard InChI is InChI=1S/C11H17NO5/c1-2-8(11(16)17)12(6-5-9(13)14)10(15)7-3-4-7/h7-8H,2-6H2,1H3,(H,13,14)(H,16,17). The zero-order valence-electron chi connectivity index (χ0n) is 9.76. The maximum absolute atomic E-state index is 11.9. The minimum atomic E-state index is -1.08. The first-order valence-electron chi connectivity index (χ1n) is 5.72. The van der Waals surface area contributed by atoms with Gasteiger partial charge in [-0.2, -0.15) is 0 Å². The normalized spacial score (nSPS) is 16.3. The molecule has 0 aromatic carbocycles. The number of amides is 1. The van der Waals surface area contributed by atoms with Crippen LogP contribution in [-0.4, -0.2) is 45.5 Å². The number of carboxylic acids is 2. The Bertz CT molecular complexity index is 324. The Morgan fingerprint density at radius 1 is 1.29 bits per heavy atom. The van der Waals surface area contributed by atoms with Crippen LogP contribution in [0.15, 0.2) is 0 Å². The first kappa shape index (κ1) is 13.5. The fourth-order valence-corrected chi connectivity index (χ4v) is 1.73. The molecule has 0 aromatic heterocycles. The number of aliphatic carboxylic acids is 2. The van der Waals surface area contributed by atoms with Crippen LogP contribution in [0.5, 0.6) is 0 Å². The second kappa shape index (κ2) is 5.65. The molecule has 1 unspecified atom stereocenters. The average molecular weight is 243 g/mol. The molecule has 6 heteroatoms. The Labute approximate surface area is 99.2 Å². The van der Waals surface area contributed by atoms with Crippen molar-refractivity contribution in [2.75, 3.05) is 6.54 Å². The molecule has 0 aromatic rings. The van der Waals surface area contributed by atoms with E-state index in [-0.39, 0.29) is 31.2 Å². The third-order valence-electron chi connectivity index (χ3n) is 2.82. The maximum Gasteiger partial charge on any atom is 0.326 e. The van der Waals surface area contributed by atoms with E-state index >= 15 is 0 Å². The summed E-state index contributed by atoms with van der Waals surface area (Å²) in [5, 5.41) is 17.6. The van der Waals surface area contributed by atoms with Gasteiger partial charge in [0, 0.05) is 12.5 Å². The zero-order chi connectivity index (χ0) is 13.0. The van der Waals surface area contributed by atoms with Crippen LogP contribution in [0.4, 0.5) is 0 Å². The largest absolute Gasteiger partial charge is 0.481 e. The Kier molecular flexibility index (Phi) is 4.48. The van der Waals surface area contributed by atoms with Gasteiger partial charge >= 0.3 is 11.9 Å². The van der Waals surface area contributed by atoms with Crippen LogP contribution in [0, 0.1) is 5.92 Å². The summed E-state index contributed by atoms with van der Waals surface area (Å²) in [5.41, 5.74) is 0. The third-order valence-corrected chi connectivity index (χ3v) is 2.82. The SMILES string of the molecule is CCC(C(=O)O)N(CCC(=O)O)C(=O)C1CC1. The van der Waals surface area contributed by atoms with E-state index < -0.39 is 18.0 Å². The molecule has 1 atom stereocenters. The molecule has 0 radical (unpaired) electrons. The summed E-state index contributed by atoms with van der Waals surface area (Å²) in [5.74, 6) is -2.43. The lowest BCUT2D eigenvalue weighted by Gasteiger charge is -2.27. The highest BCUT2D eigenvalue weighted by Gasteiger charge is 2.37. The van der Waals surface area contributed by atoms with Gasteiger partial charge < -0.3 is 15.1 Å². The fourth-order valence-electron chi connectivity index (χ4n) is 1.73. The van der Waals surface area contributed by atoms with Crippen molar-refractivity contribution in [3.8, 4) is 0 Å². The second-order valence-electron chi connectivity index (χ2n) is 4.21. The highest BCUT2D eigenvalue weighted by atomic mass is 16.4. The van der Waals surface area contributed by atoms with Crippen LogP contribution in [0.25, 0.3) is 0 Å². The van der Waals surface area contributed by atoms with Gasteiger partial charge in [0.15, 0.2) is 0 Å². The van der Waals surface area contributed by atoms with Crippen molar-refractivity contribution in [3.05, 3.63) is 0 Å². The first-order chi connectivity index (χ1) is 7.97. The van der Waals surface area contributed by atoms with Crippen molar-refractivity contribution >= 4 is 17.8 Å². The van der Waals surface area contributed by atoms with E-state index in [1.807, 2.05) is 0 Å². The van der Waals surface area contributed by atoms with E-state index in [1.165, 1.54) is 4.90 Å². The number of carbonyl (C=O) groups is 3. The number of hydrogen-bond acceptors (Lipinski definition) is 3. The molecule has 0 heterocycles. The van der Waals surface area contributed by atoms with E-state index in [1.54, 1.807) is 6.92 Å². The van der Waals surface area contributed by atoms with Crippen molar-refractivity contribution < 1.29 is 24.6 Å². The highest BCUT2D eigenvalue weighted by Crippen LogP contribution is 2.32. The molecule has 1 amide bonds. The lowest BCUT2D eigenvalue weighted by atomic mass is 10.1. The molecule has 1 aliphatic rings. The van der Waals surface area contributed by atoms with Crippen molar-refractivity contribution in [1.82, 2.24) is 4.90 Å². The molecule has 0 aliphatic heterocycles. The minimum Gasteiger partial charge on any atom is -0.481 e. The molecule has 17 heavy (non-hydrogen) atoms. The number of rotatable bonds is 7. The smallest absolute Gasteiger partial charge is 0.326 e. The Morgan fingerprint density at radius 3 is 2.24 bits per heavy atom. The monoisotopic (exact) mass is 243 g/mol. The van der Waals surface area contributed by atoms with Crippen LogP contribution < -0.4 is 0 Å². The predicted octanol–water partition coefficient (Wildman–Crippen LogP) is 0.563. The van der Waals surface area contributed by atoms with Crippen molar-refractivity contribution in [1.29, 1.82) is 0 Å². The lowest BCUT2D eigenvalue weighted by molar-refractivity contribution is -0.152. The topological polar surface area (TPSA) is 94.9 Å². The van der Waals surface area contributed by atoms with Crippen molar-refractivity contribution in [3.63, 3.8) is 0 Å². The van der Waals surface area contributed by atoms with Gasteiger partial charge in [-0.1, -0.05) is 6.92 Å². The molecule has 1 fully saturated rings. The zero-order valence-corrected chi connectivity index (χ0v) is 9.76. The van der Waals surface area contributed by atoms with Gasteiger partial charge in [0.05, 0.1) is 6.42 Å². The summed E-state index contributed by atoms with van der Waals surface area (Å²) in [6.45, 7) is 1.64. The van der Waals surface area contributed by atoms with Crippen molar-refractivity contribution in [2.24, 2.45) is 5.92 Å². The van der Waals surface area contributed by atoms with Crippen LogP contribution in [0.2, 0.25) is 0 Å². The number of carboxylic acid groups (broad SMARTS) is 2. The Balaban J connectivity index is 2.71. The number of hydrogen-bond donors (Lipinski definition) is 2. The van der Waals surface area contributed by atoms with Gasteiger partial charge in [-0.05, 0) is 19.3 Å². The van der Waals surface area contributed by atoms with Crippen LogP contribution in [0.3, 0.4) is 0 Å². The number of nitrogens with zero attached hydrogens (tertiary/aromatic N) is 1. The third kappa shape index (κ3) is 3.72. The van der Waals surface area contributed by atoms with Crippen LogP contribution in [-0.2, 0) is 14.4 Å². The summed E-state index contributed by atoms with van der Waals surface area (Å²) >= 11 is 0. The molecule has 2 N–H and O–H groups in total. The summed E-state index contributed by atoms with van der Waals surface area (Å²) in [6, 6.07) is -0.914. The summed E-state index contributed by atoms with van der Waals surface area (Å²) in [4.78, 5) is 34.6. The molecule has 1 saturated carbocycles. The maximum atomic E-state index is 11.9. The quantitative estimate of drug-likeness (QED) is 0.681.